The van der Waals surface area contributed by atoms with Gasteiger partial charge in [-0.2, -0.15) is 18.3 Å². The van der Waals surface area contributed by atoms with Gasteiger partial charge >= 0.3 is 6.18 Å². The third-order valence-electron chi connectivity index (χ3n) is 6.93. The number of hydrogen-bond donors (Lipinski definition) is 3. The number of hydrogen-bond acceptors (Lipinski definition) is 4. The van der Waals surface area contributed by atoms with Crippen LogP contribution in [0.2, 0.25) is 5.02 Å². The number of aryl methyl sites for hydroxylation is 1. The lowest BCUT2D eigenvalue weighted by molar-refractivity contribution is -0.137. The lowest BCUT2D eigenvalue weighted by Crippen LogP contribution is -2.21. The molecule has 1 aliphatic heterocycles. The maximum absolute atomic E-state index is 14.4. The van der Waals surface area contributed by atoms with E-state index in [1.807, 2.05) is 0 Å². The fourth-order valence-electron chi connectivity index (χ4n) is 5.35. The molecule has 0 aliphatic carbocycles. The highest BCUT2D eigenvalue weighted by Crippen LogP contribution is 2.49. The molecule has 2 amide bonds. The summed E-state index contributed by atoms with van der Waals surface area (Å²) < 4.78 is 73.5. The van der Waals surface area contributed by atoms with E-state index in [-0.39, 0.29) is 44.2 Å². The van der Waals surface area contributed by atoms with E-state index in [0.29, 0.717) is 17.5 Å². The van der Waals surface area contributed by atoms with Crippen LogP contribution in [0.3, 0.4) is 0 Å². The molecule has 0 spiro atoms. The minimum Gasteiger partial charge on any atom is -0.366 e. The second kappa shape index (κ2) is 9.13. The van der Waals surface area contributed by atoms with Crippen LogP contribution in [0.1, 0.15) is 43.4 Å². The predicted molar refractivity (Wildman–Crippen MR) is 138 cm³/mol. The molecule has 3 aromatic carbocycles. The van der Waals surface area contributed by atoms with E-state index < -0.39 is 52.4 Å². The van der Waals surface area contributed by atoms with Crippen molar-refractivity contribution in [1.29, 1.82) is 0 Å². The van der Waals surface area contributed by atoms with E-state index >= 15 is 0 Å². The molecule has 1 aliphatic rings. The van der Waals surface area contributed by atoms with Crippen molar-refractivity contribution in [1.82, 2.24) is 25.1 Å². The zero-order chi connectivity index (χ0) is 29.4. The van der Waals surface area contributed by atoms with Crippen molar-refractivity contribution in [2.24, 2.45) is 12.8 Å². The number of imidazole rings is 1. The van der Waals surface area contributed by atoms with Gasteiger partial charge in [0.05, 0.1) is 46.6 Å². The topological polar surface area (TPSA) is 119 Å². The fourth-order valence-corrected chi connectivity index (χ4v) is 5.57. The van der Waals surface area contributed by atoms with Gasteiger partial charge in [0.1, 0.15) is 17.2 Å². The van der Waals surface area contributed by atoms with Gasteiger partial charge in [-0.15, -0.1) is 0 Å². The molecule has 14 heteroatoms. The van der Waals surface area contributed by atoms with Gasteiger partial charge in [0, 0.05) is 34.1 Å². The van der Waals surface area contributed by atoms with Crippen molar-refractivity contribution in [3.8, 4) is 22.5 Å². The summed E-state index contributed by atoms with van der Waals surface area (Å²) >= 11 is 6.36. The number of rotatable bonds is 4. The van der Waals surface area contributed by atoms with Crippen molar-refractivity contribution in [3.05, 3.63) is 93.4 Å². The van der Waals surface area contributed by atoms with Crippen LogP contribution in [0, 0.1) is 11.6 Å². The molecule has 4 N–H and O–H groups in total. The molecule has 8 nitrogen and oxygen atoms in total. The van der Waals surface area contributed by atoms with Crippen molar-refractivity contribution in [2.75, 3.05) is 0 Å². The molecule has 5 aromatic rings. The lowest BCUT2D eigenvalue weighted by Gasteiger charge is -2.22. The molecule has 41 heavy (non-hydrogen) atoms. The first-order valence-corrected chi connectivity index (χ1v) is 12.2. The largest absolute Gasteiger partial charge is 0.417 e. The highest BCUT2D eigenvalue weighted by atomic mass is 35.5. The smallest absolute Gasteiger partial charge is 0.366 e. The van der Waals surface area contributed by atoms with Gasteiger partial charge in [-0.1, -0.05) is 11.6 Å². The normalized spacial score (nSPS) is 14.9. The summed E-state index contributed by atoms with van der Waals surface area (Å²) in [6, 6.07) is 4.24. The minimum atomic E-state index is -5.15. The average molecular weight is 587 g/mol. The molecule has 6 rings (SSSR count). The van der Waals surface area contributed by atoms with Crippen LogP contribution in [-0.2, 0) is 13.2 Å². The number of nitrogens with two attached hydrogens (primary N) is 1. The van der Waals surface area contributed by atoms with Gasteiger partial charge in [-0.25, -0.2) is 13.8 Å². The number of H-pyrrole nitrogens is 1. The van der Waals surface area contributed by atoms with Gasteiger partial charge < -0.3 is 16.0 Å². The molecule has 0 saturated carbocycles. The molecular weight excluding hydrogens is 571 g/mol. The molecule has 0 fully saturated rings. The number of amides is 2. The van der Waals surface area contributed by atoms with Crippen LogP contribution in [0.15, 0.2) is 48.9 Å². The number of aromatic nitrogens is 4. The van der Waals surface area contributed by atoms with Gasteiger partial charge in [-0.3, -0.25) is 14.3 Å². The van der Waals surface area contributed by atoms with Crippen LogP contribution in [0.5, 0.6) is 0 Å². The number of fused-ring (bicyclic) bond motifs is 3. The van der Waals surface area contributed by atoms with Crippen LogP contribution >= 0.6 is 11.6 Å². The predicted octanol–water partition coefficient (Wildman–Crippen LogP) is 5.51. The van der Waals surface area contributed by atoms with Gasteiger partial charge in [0.25, 0.3) is 5.91 Å². The Kier molecular flexibility index (Phi) is 5.89. The number of aromatic amines is 1. The van der Waals surface area contributed by atoms with Crippen LogP contribution in [-0.4, -0.2) is 31.6 Å². The molecule has 0 radical (unpaired) electrons. The highest BCUT2D eigenvalue weighted by molar-refractivity contribution is 6.31. The van der Waals surface area contributed by atoms with Crippen LogP contribution in [0.25, 0.3) is 33.4 Å². The molecule has 1 unspecified atom stereocenters. The van der Waals surface area contributed by atoms with E-state index in [2.05, 4.69) is 20.4 Å². The molecule has 1 atom stereocenters. The Morgan fingerprint density at radius 2 is 1.85 bits per heavy atom. The Balaban J connectivity index is 1.82. The number of benzene rings is 3. The highest BCUT2D eigenvalue weighted by Gasteiger charge is 2.42. The summed E-state index contributed by atoms with van der Waals surface area (Å²) in [6.45, 7) is 0. The summed E-state index contributed by atoms with van der Waals surface area (Å²) in [5.41, 5.74) is 2.92. The number of halogens is 6. The average Bonchev–Trinajstić information content (AvgIpc) is 3.61. The number of carbonyl (C=O) groups excluding carboxylic acids is 2. The second-order valence-electron chi connectivity index (χ2n) is 9.36. The Morgan fingerprint density at radius 3 is 2.51 bits per heavy atom. The quantitative estimate of drug-likeness (QED) is 0.241. The second-order valence-corrected chi connectivity index (χ2v) is 9.76. The van der Waals surface area contributed by atoms with Crippen molar-refractivity contribution >= 4 is 34.3 Å². The van der Waals surface area contributed by atoms with Crippen molar-refractivity contribution in [3.63, 3.8) is 0 Å². The van der Waals surface area contributed by atoms with Crippen molar-refractivity contribution < 1.29 is 31.5 Å². The van der Waals surface area contributed by atoms with E-state index in [1.54, 1.807) is 7.05 Å². The van der Waals surface area contributed by atoms with Gasteiger partial charge in [0.2, 0.25) is 5.91 Å². The minimum absolute atomic E-state index is 0.0139. The number of nitrogens with one attached hydrogen (secondary N) is 2. The standard InChI is InChI=1S/C27H16ClF5N6O2/c1-39-24(18-8-35-9-36-18)15-7-13(19-14(25(34)40)5-11(30)6-16(19)27(31,32)33)20-21(23(15)38-39)26(41)37-22(20)12-4-10(29)2-3-17(12)28/h2-9,22H,1H3,(H2,34,40)(H,35,36)(H,37,41). The van der Waals surface area contributed by atoms with E-state index in [9.17, 15) is 31.5 Å². The zero-order valence-electron chi connectivity index (χ0n) is 20.7. The third-order valence-corrected chi connectivity index (χ3v) is 7.27. The van der Waals surface area contributed by atoms with Gasteiger partial charge in [-0.05, 0) is 42.0 Å². The van der Waals surface area contributed by atoms with E-state index in [4.69, 9.17) is 17.3 Å². The number of primary amides is 1. The third kappa shape index (κ3) is 4.11. The SMILES string of the molecule is Cn1nc2c3c(c(-c4c(C(N)=O)cc(F)cc4C(F)(F)F)cc2c1-c1cnc[nH]1)C(c1cc(F)ccc1Cl)NC3=O. The summed E-state index contributed by atoms with van der Waals surface area (Å²) in [5.74, 6) is -4.13. The first kappa shape index (κ1) is 26.4. The molecule has 208 valence electrons. The number of nitrogens with zero attached hydrogens (tertiary/aromatic N) is 3. The van der Waals surface area contributed by atoms with Crippen LogP contribution < -0.4 is 11.1 Å². The maximum Gasteiger partial charge on any atom is 0.417 e. The fraction of sp³-hybridized carbons (Fsp3) is 0.111. The monoisotopic (exact) mass is 586 g/mol. The number of alkyl halides is 3. The summed E-state index contributed by atoms with van der Waals surface area (Å²) in [7, 11) is 1.56. The van der Waals surface area contributed by atoms with Crippen LogP contribution in [0.4, 0.5) is 22.0 Å². The zero-order valence-corrected chi connectivity index (χ0v) is 21.5. The summed E-state index contributed by atoms with van der Waals surface area (Å²) in [4.78, 5) is 32.9. The first-order chi connectivity index (χ1) is 19.4. The Morgan fingerprint density at radius 1 is 1.10 bits per heavy atom. The summed E-state index contributed by atoms with van der Waals surface area (Å²) in [5, 5.41) is 7.36. The molecule has 0 bridgehead atoms. The van der Waals surface area contributed by atoms with E-state index in [0.717, 1.165) is 12.1 Å². The van der Waals surface area contributed by atoms with Gasteiger partial charge in [0.15, 0.2) is 0 Å². The van der Waals surface area contributed by atoms with Crippen molar-refractivity contribution in [2.45, 2.75) is 12.2 Å². The molecular formula is C27H16ClF5N6O2. The van der Waals surface area contributed by atoms with E-state index in [1.165, 1.54) is 29.3 Å². The Bertz CT molecular complexity index is 1920. The maximum atomic E-state index is 14.4. The molecule has 0 saturated heterocycles. The first-order valence-electron chi connectivity index (χ1n) is 11.9. The Hall–Kier alpha value is -4.78. The number of carbonyl (C=O) groups is 2. The lowest BCUT2D eigenvalue weighted by atomic mass is 9.84. The molecule has 2 aromatic heterocycles. The summed E-state index contributed by atoms with van der Waals surface area (Å²) in [6.07, 6.45) is -2.32. The Labute approximate surface area is 231 Å². The molecule has 3 heterocycles.